The molecule has 6 heteroatoms. The third-order valence-electron chi connectivity index (χ3n) is 2.97. The lowest BCUT2D eigenvalue weighted by molar-refractivity contribution is 0.0485. The van der Waals surface area contributed by atoms with E-state index in [1.807, 2.05) is 38.1 Å². The van der Waals surface area contributed by atoms with Crippen LogP contribution in [0.2, 0.25) is 0 Å². The van der Waals surface area contributed by atoms with Crippen LogP contribution >= 0.6 is 15.9 Å². The van der Waals surface area contributed by atoms with E-state index in [0.717, 1.165) is 15.2 Å². The number of aromatic nitrogens is 3. The molecule has 0 amide bonds. The van der Waals surface area contributed by atoms with Gasteiger partial charge in [0.15, 0.2) is 0 Å². The highest BCUT2D eigenvalue weighted by Gasteiger charge is 2.14. The Kier molecular flexibility index (Phi) is 3.98. The van der Waals surface area contributed by atoms with E-state index in [-0.39, 0.29) is 6.10 Å². The van der Waals surface area contributed by atoms with Crippen molar-refractivity contribution in [2.45, 2.75) is 26.6 Å². The van der Waals surface area contributed by atoms with Gasteiger partial charge >= 0.3 is 0 Å². The van der Waals surface area contributed by atoms with E-state index in [1.54, 1.807) is 6.20 Å². The van der Waals surface area contributed by atoms with Crippen molar-refractivity contribution in [2.75, 3.05) is 0 Å². The maximum Gasteiger partial charge on any atom is 0.253 e. The van der Waals surface area contributed by atoms with Gasteiger partial charge in [-0.15, -0.1) is 0 Å². The molecule has 1 aromatic carbocycles. The zero-order chi connectivity index (χ0) is 14.8. The first-order valence-electron chi connectivity index (χ1n) is 6.63. The van der Waals surface area contributed by atoms with Crippen LogP contribution in [0.1, 0.15) is 19.7 Å². The second-order valence-corrected chi connectivity index (χ2v) is 5.72. The third kappa shape index (κ3) is 2.96. The van der Waals surface area contributed by atoms with Gasteiger partial charge in [0.2, 0.25) is 5.82 Å². The van der Waals surface area contributed by atoms with Gasteiger partial charge in [0.25, 0.3) is 5.89 Å². The summed E-state index contributed by atoms with van der Waals surface area (Å²) >= 11 is 3.54. The number of benzene rings is 1. The summed E-state index contributed by atoms with van der Waals surface area (Å²) in [6.45, 7) is 4.22. The average Bonchev–Trinajstić information content (AvgIpc) is 2.94. The van der Waals surface area contributed by atoms with Gasteiger partial charge in [0, 0.05) is 16.1 Å². The monoisotopic (exact) mass is 347 g/mol. The molecule has 0 atom stereocenters. The van der Waals surface area contributed by atoms with Crippen molar-refractivity contribution < 1.29 is 9.26 Å². The first-order chi connectivity index (χ1) is 10.1. The minimum absolute atomic E-state index is 0.118. The Balaban J connectivity index is 1.99. The molecule has 2 heterocycles. The smallest absolute Gasteiger partial charge is 0.253 e. The number of hydrogen-bond acceptors (Lipinski definition) is 5. The zero-order valence-electron chi connectivity index (χ0n) is 11.7. The minimum atomic E-state index is 0.118. The van der Waals surface area contributed by atoms with Crippen molar-refractivity contribution >= 4 is 26.7 Å². The van der Waals surface area contributed by atoms with Crippen molar-refractivity contribution in [1.82, 2.24) is 15.1 Å². The van der Waals surface area contributed by atoms with E-state index in [0.29, 0.717) is 24.0 Å². The molecule has 0 radical (unpaired) electrons. The number of nitrogens with zero attached hydrogens (tertiary/aromatic N) is 3. The lowest BCUT2D eigenvalue weighted by Gasteiger charge is -2.03. The normalized spacial score (nSPS) is 11.4. The van der Waals surface area contributed by atoms with Crippen LogP contribution in [0.25, 0.3) is 22.3 Å². The number of ether oxygens (including phenoxy) is 1. The van der Waals surface area contributed by atoms with Gasteiger partial charge in [-0.25, -0.2) is 0 Å². The highest BCUT2D eigenvalue weighted by Crippen LogP contribution is 2.29. The fourth-order valence-corrected chi connectivity index (χ4v) is 2.49. The van der Waals surface area contributed by atoms with Gasteiger partial charge in [-0.1, -0.05) is 33.2 Å². The third-order valence-corrected chi connectivity index (χ3v) is 3.66. The van der Waals surface area contributed by atoms with Crippen LogP contribution in [0.15, 0.2) is 39.5 Å². The zero-order valence-corrected chi connectivity index (χ0v) is 13.3. The Hall–Kier alpha value is -1.79. The van der Waals surface area contributed by atoms with Crippen LogP contribution in [0.4, 0.5) is 0 Å². The van der Waals surface area contributed by atoms with Crippen molar-refractivity contribution in [3.05, 3.63) is 40.8 Å². The van der Waals surface area contributed by atoms with Gasteiger partial charge in [-0.05, 0) is 31.4 Å². The summed E-state index contributed by atoms with van der Waals surface area (Å²) in [6.07, 6.45) is 1.86. The summed E-state index contributed by atoms with van der Waals surface area (Å²) in [5, 5.41) is 6.04. The molecule has 0 bridgehead atoms. The molecule has 21 heavy (non-hydrogen) atoms. The van der Waals surface area contributed by atoms with Crippen molar-refractivity contribution in [2.24, 2.45) is 0 Å². The molecule has 0 saturated heterocycles. The molecule has 2 aromatic heterocycles. The van der Waals surface area contributed by atoms with Crippen LogP contribution < -0.4 is 0 Å². The fourth-order valence-electron chi connectivity index (χ4n) is 1.99. The largest absolute Gasteiger partial charge is 0.369 e. The van der Waals surface area contributed by atoms with Crippen molar-refractivity contribution in [3.8, 4) is 11.5 Å². The number of halogens is 1. The first kappa shape index (κ1) is 14.2. The number of hydrogen-bond donors (Lipinski definition) is 0. The SMILES string of the molecule is CC(C)OCc1nc(-c2nccc3c(Br)cccc23)no1. The van der Waals surface area contributed by atoms with Crippen LogP contribution in [-0.2, 0) is 11.3 Å². The van der Waals surface area contributed by atoms with E-state index < -0.39 is 0 Å². The topological polar surface area (TPSA) is 61.0 Å². The Labute approximate surface area is 130 Å². The molecule has 0 aliphatic heterocycles. The Morgan fingerprint density at radius 1 is 1.24 bits per heavy atom. The molecule has 5 nitrogen and oxygen atoms in total. The maximum absolute atomic E-state index is 5.46. The Morgan fingerprint density at radius 3 is 2.90 bits per heavy atom. The summed E-state index contributed by atoms with van der Waals surface area (Å²) in [7, 11) is 0. The highest BCUT2D eigenvalue weighted by atomic mass is 79.9. The number of rotatable bonds is 4. The molecule has 0 saturated carbocycles. The van der Waals surface area contributed by atoms with E-state index >= 15 is 0 Å². The molecule has 108 valence electrons. The quantitative estimate of drug-likeness (QED) is 0.714. The van der Waals surface area contributed by atoms with Crippen LogP contribution in [0.3, 0.4) is 0 Å². The van der Waals surface area contributed by atoms with E-state index in [1.165, 1.54) is 0 Å². The average molecular weight is 348 g/mol. The summed E-state index contributed by atoms with van der Waals surface area (Å²) in [4.78, 5) is 8.73. The fraction of sp³-hybridized carbons (Fsp3) is 0.267. The summed E-state index contributed by atoms with van der Waals surface area (Å²) in [6, 6.07) is 7.89. The molecule has 0 aliphatic carbocycles. The van der Waals surface area contributed by atoms with E-state index in [9.17, 15) is 0 Å². The molecule has 0 aliphatic rings. The second kappa shape index (κ2) is 5.91. The maximum atomic E-state index is 5.46. The predicted octanol–water partition coefficient (Wildman–Crippen LogP) is 3.97. The predicted molar refractivity (Wildman–Crippen MR) is 82.7 cm³/mol. The first-order valence-corrected chi connectivity index (χ1v) is 7.42. The van der Waals surface area contributed by atoms with Crippen molar-refractivity contribution in [3.63, 3.8) is 0 Å². The van der Waals surface area contributed by atoms with Gasteiger partial charge in [0.1, 0.15) is 12.3 Å². The Morgan fingerprint density at radius 2 is 2.10 bits per heavy atom. The molecular formula is C15H14BrN3O2. The molecule has 3 aromatic rings. The lowest BCUT2D eigenvalue weighted by atomic mass is 10.1. The molecule has 3 rings (SSSR count). The standard InChI is InChI=1S/C15H14BrN3O2/c1-9(2)20-8-13-18-15(19-21-13)14-11-4-3-5-12(16)10(11)6-7-17-14/h3-7,9H,8H2,1-2H3. The number of fused-ring (bicyclic) bond motifs is 1. The highest BCUT2D eigenvalue weighted by molar-refractivity contribution is 9.10. The number of pyridine rings is 1. The van der Waals surface area contributed by atoms with Gasteiger partial charge in [-0.3, -0.25) is 4.98 Å². The summed E-state index contributed by atoms with van der Waals surface area (Å²) in [5.41, 5.74) is 0.702. The van der Waals surface area contributed by atoms with Crippen LogP contribution in [-0.4, -0.2) is 21.2 Å². The molecule has 0 spiro atoms. The molecular weight excluding hydrogens is 334 g/mol. The van der Waals surface area contributed by atoms with Crippen LogP contribution in [0, 0.1) is 0 Å². The van der Waals surface area contributed by atoms with Gasteiger partial charge in [0.05, 0.1) is 6.10 Å². The molecule has 0 fully saturated rings. The lowest BCUT2D eigenvalue weighted by Crippen LogP contribution is -2.02. The molecule has 0 unspecified atom stereocenters. The Bertz CT molecular complexity index is 770. The van der Waals surface area contributed by atoms with E-state index in [2.05, 4.69) is 31.1 Å². The second-order valence-electron chi connectivity index (χ2n) is 4.87. The van der Waals surface area contributed by atoms with Gasteiger partial charge < -0.3 is 9.26 Å². The van der Waals surface area contributed by atoms with E-state index in [4.69, 9.17) is 9.26 Å². The van der Waals surface area contributed by atoms with Crippen molar-refractivity contribution in [1.29, 1.82) is 0 Å². The minimum Gasteiger partial charge on any atom is -0.369 e. The summed E-state index contributed by atoms with van der Waals surface area (Å²) < 4.78 is 11.7. The summed E-state index contributed by atoms with van der Waals surface area (Å²) in [5.74, 6) is 0.925. The molecule has 0 N–H and O–H groups in total. The van der Waals surface area contributed by atoms with Gasteiger partial charge in [-0.2, -0.15) is 4.98 Å². The van der Waals surface area contributed by atoms with Crippen LogP contribution in [0.5, 0.6) is 0 Å².